The summed E-state index contributed by atoms with van der Waals surface area (Å²) in [7, 11) is 0. The molecule has 0 unspecified atom stereocenters. The number of fused-ring (bicyclic) bond motifs is 2. The molecule has 10 nitrogen and oxygen atoms in total. The van der Waals surface area contributed by atoms with Gasteiger partial charge < -0.3 is 9.47 Å². The van der Waals surface area contributed by atoms with Gasteiger partial charge in [0.2, 0.25) is 0 Å². The first kappa shape index (κ1) is 40.1. The lowest BCUT2D eigenvalue weighted by Crippen LogP contribution is -2.22. The summed E-state index contributed by atoms with van der Waals surface area (Å²) in [6, 6.07) is 29.8. The number of hydrogen-bond acceptors (Lipinski definition) is 8. The molecule has 0 radical (unpaired) electrons. The van der Waals surface area contributed by atoms with Crippen molar-refractivity contribution < 1.29 is 19.1 Å². The SMILES string of the molecule is CC(C)(C)c1cc(-n2nc3ccccc3n2)c(OC(=O)c2cccc(C(=O)Oc3c(-n4nc5ccccc5n4)cc(C(C)(C)C)cc3C(C)(C)C)c2)c(C(C)(C)C)c1. The first-order chi connectivity index (χ1) is 27.1. The zero-order chi connectivity index (χ0) is 41.9. The number of rotatable bonds is 6. The van der Waals surface area contributed by atoms with E-state index in [1.165, 1.54) is 6.07 Å². The number of ether oxygens (including phenoxy) is 2. The van der Waals surface area contributed by atoms with Gasteiger partial charge in [0.05, 0.1) is 11.1 Å². The predicted octanol–water partition coefficient (Wildman–Crippen LogP) is 10.8. The molecule has 7 aromatic rings. The Morgan fingerprint density at radius 3 is 1.05 bits per heavy atom. The molecule has 0 N–H and O–H groups in total. The summed E-state index contributed by atoms with van der Waals surface area (Å²) >= 11 is 0. The minimum Gasteiger partial charge on any atom is -0.420 e. The lowest BCUT2D eigenvalue weighted by Gasteiger charge is -2.28. The van der Waals surface area contributed by atoms with Crippen molar-refractivity contribution in [2.45, 2.75) is 105 Å². The zero-order valence-electron chi connectivity index (χ0n) is 35.6. The average molecular weight is 777 g/mol. The van der Waals surface area contributed by atoms with E-state index in [0.29, 0.717) is 44.9 Å². The third-order valence-corrected chi connectivity index (χ3v) is 10.2. The van der Waals surface area contributed by atoms with E-state index in [4.69, 9.17) is 29.9 Å². The van der Waals surface area contributed by atoms with Gasteiger partial charge in [0, 0.05) is 11.1 Å². The van der Waals surface area contributed by atoms with E-state index < -0.39 is 22.8 Å². The Labute approximate surface area is 340 Å². The minimum absolute atomic E-state index is 0.179. The topological polar surface area (TPSA) is 114 Å². The third kappa shape index (κ3) is 8.01. The van der Waals surface area contributed by atoms with Gasteiger partial charge in [-0.15, -0.1) is 30.0 Å². The van der Waals surface area contributed by atoms with Crippen LogP contribution in [0, 0.1) is 0 Å². The van der Waals surface area contributed by atoms with Gasteiger partial charge in [-0.3, -0.25) is 0 Å². The van der Waals surface area contributed by atoms with Crippen molar-refractivity contribution in [3.05, 3.63) is 130 Å². The van der Waals surface area contributed by atoms with Gasteiger partial charge in [-0.1, -0.05) is 126 Å². The Hall–Kier alpha value is -6.16. The first-order valence-electron chi connectivity index (χ1n) is 19.7. The van der Waals surface area contributed by atoms with E-state index in [1.807, 2.05) is 60.7 Å². The highest BCUT2D eigenvalue weighted by molar-refractivity contribution is 5.97. The molecule has 0 aliphatic heterocycles. The van der Waals surface area contributed by atoms with Crippen molar-refractivity contribution in [1.29, 1.82) is 0 Å². The molecule has 10 heteroatoms. The maximum Gasteiger partial charge on any atom is 0.343 e. The van der Waals surface area contributed by atoms with Crippen LogP contribution in [0.3, 0.4) is 0 Å². The van der Waals surface area contributed by atoms with E-state index in [0.717, 1.165) is 22.3 Å². The van der Waals surface area contributed by atoms with Gasteiger partial charge in [-0.2, -0.15) is 0 Å². The lowest BCUT2D eigenvalue weighted by molar-refractivity contribution is 0.0731. The van der Waals surface area contributed by atoms with Crippen LogP contribution in [0.4, 0.5) is 0 Å². The van der Waals surface area contributed by atoms with Crippen molar-refractivity contribution in [2.24, 2.45) is 0 Å². The van der Waals surface area contributed by atoms with Gasteiger partial charge in [0.15, 0.2) is 11.5 Å². The summed E-state index contributed by atoms with van der Waals surface area (Å²) < 4.78 is 12.7. The van der Waals surface area contributed by atoms with Crippen molar-refractivity contribution in [2.75, 3.05) is 0 Å². The van der Waals surface area contributed by atoms with Gasteiger partial charge in [0.25, 0.3) is 0 Å². The molecule has 0 spiro atoms. The number of esters is 2. The van der Waals surface area contributed by atoms with Gasteiger partial charge in [0.1, 0.15) is 33.4 Å². The number of aromatic nitrogens is 6. The molecule has 0 saturated carbocycles. The van der Waals surface area contributed by atoms with Crippen LogP contribution in [0.15, 0.2) is 97.1 Å². The fraction of sp³-hybridized carbons (Fsp3) is 0.333. The molecule has 2 heterocycles. The molecule has 0 fully saturated rings. The summed E-state index contributed by atoms with van der Waals surface area (Å²) in [5.41, 5.74) is 6.72. The van der Waals surface area contributed by atoms with Gasteiger partial charge >= 0.3 is 11.9 Å². The first-order valence-corrected chi connectivity index (χ1v) is 19.7. The van der Waals surface area contributed by atoms with Crippen LogP contribution >= 0.6 is 0 Å². The quantitative estimate of drug-likeness (QED) is 0.121. The van der Waals surface area contributed by atoms with Crippen LogP contribution in [0.25, 0.3) is 33.4 Å². The number of carbonyl (C=O) groups is 2. The molecule has 5 aromatic carbocycles. The van der Waals surface area contributed by atoms with E-state index in [1.54, 1.807) is 27.8 Å². The summed E-state index contributed by atoms with van der Waals surface area (Å²) in [5.74, 6) is -0.591. The number of nitrogens with zero attached hydrogens (tertiary/aromatic N) is 6. The second-order valence-corrected chi connectivity index (χ2v) is 19.1. The van der Waals surface area contributed by atoms with E-state index >= 15 is 0 Å². The molecule has 0 aliphatic carbocycles. The largest absolute Gasteiger partial charge is 0.420 e. The predicted molar refractivity (Wildman–Crippen MR) is 229 cm³/mol. The third-order valence-electron chi connectivity index (χ3n) is 10.2. The van der Waals surface area contributed by atoms with Crippen LogP contribution < -0.4 is 9.47 Å². The maximum atomic E-state index is 14.3. The van der Waals surface area contributed by atoms with Crippen molar-refractivity contribution in [3.8, 4) is 22.9 Å². The molecule has 298 valence electrons. The van der Waals surface area contributed by atoms with E-state index in [-0.39, 0.29) is 22.0 Å². The summed E-state index contributed by atoms with van der Waals surface area (Å²) in [6.45, 7) is 25.3. The maximum absolute atomic E-state index is 14.3. The van der Waals surface area contributed by atoms with Crippen LogP contribution in [0.2, 0.25) is 0 Å². The number of carbonyl (C=O) groups excluding carboxylic acids is 2. The molecular formula is C48H52N6O4. The van der Waals surface area contributed by atoms with Crippen molar-refractivity contribution in [3.63, 3.8) is 0 Å². The molecule has 2 aromatic heterocycles. The Balaban J connectivity index is 1.29. The highest BCUT2D eigenvalue weighted by Gasteiger charge is 2.32. The number of benzene rings is 5. The Morgan fingerprint density at radius 2 is 0.759 bits per heavy atom. The second kappa shape index (κ2) is 14.3. The van der Waals surface area contributed by atoms with Gasteiger partial charge in [-0.25, -0.2) is 9.59 Å². The fourth-order valence-corrected chi connectivity index (χ4v) is 6.73. The molecule has 0 amide bonds. The minimum atomic E-state index is -0.639. The van der Waals surface area contributed by atoms with Crippen molar-refractivity contribution >= 4 is 34.0 Å². The van der Waals surface area contributed by atoms with Crippen LogP contribution in [-0.2, 0) is 21.7 Å². The molecule has 0 aliphatic rings. The van der Waals surface area contributed by atoms with Crippen molar-refractivity contribution in [1.82, 2.24) is 30.0 Å². The van der Waals surface area contributed by atoms with Crippen LogP contribution in [0.1, 0.15) is 126 Å². The Morgan fingerprint density at radius 1 is 0.431 bits per heavy atom. The molecule has 0 saturated heterocycles. The fourth-order valence-electron chi connectivity index (χ4n) is 6.73. The normalized spacial score (nSPS) is 12.6. The highest BCUT2D eigenvalue weighted by atomic mass is 16.5. The summed E-state index contributed by atoms with van der Waals surface area (Å²) in [6.07, 6.45) is 0. The Kier molecular flexibility index (Phi) is 9.90. The standard InChI is InChI=1S/C48H52N6O4/c1-45(2,3)31-25-33(47(7,8)9)41(39(27-31)53-49-35-20-13-14-21-36(35)50-53)57-43(55)29-18-17-19-30(24-29)44(56)58-42-34(48(10,11)12)26-32(46(4,5)6)28-40(42)54-51-37-22-15-16-23-38(37)52-54/h13-28H,1-12H3. The van der Waals surface area contributed by atoms with E-state index in [2.05, 4.69) is 95.2 Å². The molecule has 0 atom stereocenters. The summed E-state index contributed by atoms with van der Waals surface area (Å²) in [4.78, 5) is 31.6. The highest BCUT2D eigenvalue weighted by Crippen LogP contribution is 2.42. The lowest BCUT2D eigenvalue weighted by atomic mass is 9.79. The summed E-state index contributed by atoms with van der Waals surface area (Å²) in [5, 5.41) is 19.1. The van der Waals surface area contributed by atoms with Crippen LogP contribution in [-0.4, -0.2) is 41.9 Å². The van der Waals surface area contributed by atoms with Gasteiger partial charge in [-0.05, 0) is 87.4 Å². The monoisotopic (exact) mass is 776 g/mol. The van der Waals surface area contributed by atoms with Crippen LogP contribution in [0.5, 0.6) is 11.5 Å². The second-order valence-electron chi connectivity index (χ2n) is 19.1. The Bertz CT molecular complexity index is 2460. The number of hydrogen-bond donors (Lipinski definition) is 0. The molecule has 7 rings (SSSR count). The smallest absolute Gasteiger partial charge is 0.343 e. The molecular weight excluding hydrogens is 725 g/mol. The molecule has 58 heavy (non-hydrogen) atoms. The average Bonchev–Trinajstić information content (AvgIpc) is 3.78. The van der Waals surface area contributed by atoms with E-state index in [9.17, 15) is 9.59 Å². The molecule has 0 bridgehead atoms. The zero-order valence-corrected chi connectivity index (χ0v) is 35.6.